The molecule has 12 nitrogen and oxygen atoms in total. The fourth-order valence-corrected chi connectivity index (χ4v) is 2.19. The number of aliphatic imine (C=N–C) groups is 1. The molecule has 1 saturated heterocycles. The van der Waals surface area contributed by atoms with Gasteiger partial charge < -0.3 is 41.4 Å². The smallest absolute Gasteiger partial charge is 0.322 e. The molecule has 0 saturated carbocycles. The van der Waals surface area contributed by atoms with Crippen LogP contribution in [0.5, 0.6) is 0 Å². The van der Waals surface area contributed by atoms with Crippen LogP contribution in [0.3, 0.4) is 0 Å². The Morgan fingerprint density at radius 1 is 1.31 bits per heavy atom. The van der Waals surface area contributed by atoms with Gasteiger partial charge in [0.2, 0.25) is 12.2 Å². The predicted molar refractivity (Wildman–Crippen MR) is 88.3 cm³/mol. The fourth-order valence-electron chi connectivity index (χ4n) is 2.19. The lowest BCUT2D eigenvalue weighted by molar-refractivity contribution is -0.310. The van der Waals surface area contributed by atoms with Gasteiger partial charge in [-0.05, 0) is 19.8 Å². The van der Waals surface area contributed by atoms with E-state index in [9.17, 15) is 20.1 Å². The minimum Gasteiger partial charge on any atom is -0.465 e. The molecule has 0 bridgehead atoms. The molecule has 0 radical (unpaired) electrons. The summed E-state index contributed by atoms with van der Waals surface area (Å²) in [5.41, 5.74) is 13.5. The number of nitrogens with two attached hydrogens (primary N) is 2. The zero-order valence-electron chi connectivity index (χ0n) is 14.5. The summed E-state index contributed by atoms with van der Waals surface area (Å²) in [6.45, 7) is 1.63. The van der Waals surface area contributed by atoms with Gasteiger partial charge in [-0.1, -0.05) is 0 Å². The molecule has 12 heteroatoms. The molecule has 0 aromatic carbocycles. The molecule has 0 spiro atoms. The van der Waals surface area contributed by atoms with E-state index in [-0.39, 0.29) is 19.1 Å². The molecule has 1 heterocycles. The first-order valence-electron chi connectivity index (χ1n) is 8.26. The second-order valence-electron chi connectivity index (χ2n) is 5.68. The van der Waals surface area contributed by atoms with E-state index in [0.29, 0.717) is 12.8 Å². The normalized spacial score (nSPS) is 30.7. The Bertz CT molecular complexity index is 464. The van der Waals surface area contributed by atoms with Crippen molar-refractivity contribution in [2.75, 3.05) is 19.8 Å². The van der Waals surface area contributed by atoms with Crippen molar-refractivity contribution in [3.05, 3.63) is 0 Å². The van der Waals surface area contributed by atoms with Crippen molar-refractivity contribution in [1.82, 2.24) is 5.48 Å². The number of carbonyl (C=O) groups excluding carboxylic acids is 1. The van der Waals surface area contributed by atoms with Gasteiger partial charge in [0.15, 0.2) is 0 Å². The number of ether oxygens (including phenoxy) is 2. The molecular weight excluding hydrogens is 352 g/mol. The first-order valence-corrected chi connectivity index (χ1v) is 8.26. The van der Waals surface area contributed by atoms with Crippen molar-refractivity contribution in [3.8, 4) is 0 Å². The van der Waals surface area contributed by atoms with Gasteiger partial charge in [-0.25, -0.2) is 10.3 Å². The Morgan fingerprint density at radius 3 is 2.62 bits per heavy atom. The number of nitrogens with zero attached hydrogens (tertiary/aromatic N) is 1. The van der Waals surface area contributed by atoms with Crippen molar-refractivity contribution in [2.45, 2.75) is 56.5 Å². The van der Waals surface area contributed by atoms with Crippen molar-refractivity contribution in [2.24, 2.45) is 16.5 Å². The van der Waals surface area contributed by atoms with E-state index in [2.05, 4.69) is 10.5 Å². The third kappa shape index (κ3) is 6.64. The average Bonchev–Trinajstić information content (AvgIpc) is 2.62. The van der Waals surface area contributed by atoms with Crippen LogP contribution >= 0.6 is 0 Å². The Labute approximate surface area is 150 Å². The van der Waals surface area contributed by atoms with Crippen LogP contribution in [-0.4, -0.2) is 88.9 Å². The van der Waals surface area contributed by atoms with Gasteiger partial charge in [0.25, 0.3) is 0 Å². The molecule has 9 N–H and O–H groups in total. The highest BCUT2D eigenvalue weighted by Gasteiger charge is 2.44. The van der Waals surface area contributed by atoms with Crippen LogP contribution in [0.1, 0.15) is 19.8 Å². The number of rotatable bonds is 9. The van der Waals surface area contributed by atoms with Crippen LogP contribution in [0.15, 0.2) is 4.99 Å². The second kappa shape index (κ2) is 11.2. The predicted octanol–water partition coefficient (Wildman–Crippen LogP) is -3.71. The Balaban J connectivity index is 2.35. The van der Waals surface area contributed by atoms with Gasteiger partial charge in [0.1, 0.15) is 30.5 Å². The summed E-state index contributed by atoms with van der Waals surface area (Å²) in [5, 5.41) is 38.1. The SMILES string of the molecule is CCOC(=O)[C@@H](N)CCCN=C(N)NO[C@@H]1O[C@H](CO)[C@H](O)[C@H](O)[C@H]1O. The van der Waals surface area contributed by atoms with Crippen molar-refractivity contribution < 1.29 is 39.5 Å². The highest BCUT2D eigenvalue weighted by Crippen LogP contribution is 2.21. The van der Waals surface area contributed by atoms with Crippen LogP contribution in [-0.2, 0) is 19.1 Å². The molecule has 0 aromatic rings. The number of guanidine groups is 1. The van der Waals surface area contributed by atoms with Crippen molar-refractivity contribution >= 4 is 11.9 Å². The second-order valence-corrected chi connectivity index (χ2v) is 5.68. The van der Waals surface area contributed by atoms with Gasteiger partial charge in [0, 0.05) is 6.54 Å². The fraction of sp³-hybridized carbons (Fsp3) is 0.857. The van der Waals surface area contributed by atoms with Crippen LogP contribution in [0, 0.1) is 0 Å². The maximum absolute atomic E-state index is 11.3. The van der Waals surface area contributed by atoms with E-state index in [4.69, 9.17) is 30.9 Å². The lowest BCUT2D eigenvalue weighted by Crippen LogP contribution is -2.60. The molecule has 26 heavy (non-hydrogen) atoms. The largest absolute Gasteiger partial charge is 0.465 e. The molecule has 6 atom stereocenters. The Hall–Kier alpha value is -1.54. The first-order chi connectivity index (χ1) is 12.3. The number of aliphatic hydroxyl groups is 4. The monoisotopic (exact) mass is 380 g/mol. The Morgan fingerprint density at radius 2 is 2.00 bits per heavy atom. The summed E-state index contributed by atoms with van der Waals surface area (Å²) >= 11 is 0. The summed E-state index contributed by atoms with van der Waals surface area (Å²) in [6, 6.07) is -0.732. The van der Waals surface area contributed by atoms with E-state index >= 15 is 0 Å². The maximum Gasteiger partial charge on any atom is 0.322 e. The van der Waals surface area contributed by atoms with Crippen molar-refractivity contribution in [1.29, 1.82) is 0 Å². The highest BCUT2D eigenvalue weighted by molar-refractivity contribution is 5.76. The average molecular weight is 380 g/mol. The van der Waals surface area contributed by atoms with Crippen LogP contribution in [0.2, 0.25) is 0 Å². The summed E-state index contributed by atoms with van der Waals surface area (Å²) in [4.78, 5) is 20.3. The molecular formula is C14H28N4O8. The molecule has 0 aliphatic carbocycles. The lowest BCUT2D eigenvalue weighted by Gasteiger charge is -2.39. The lowest BCUT2D eigenvalue weighted by atomic mass is 9.99. The zero-order chi connectivity index (χ0) is 19.7. The van der Waals surface area contributed by atoms with Gasteiger partial charge >= 0.3 is 5.97 Å². The number of hydrogen-bond donors (Lipinski definition) is 7. The van der Waals surface area contributed by atoms with E-state index in [1.807, 2.05) is 0 Å². The van der Waals surface area contributed by atoms with Crippen LogP contribution < -0.4 is 16.9 Å². The molecule has 0 amide bonds. The van der Waals surface area contributed by atoms with E-state index in [1.165, 1.54) is 0 Å². The third-order valence-corrected chi connectivity index (χ3v) is 3.67. The van der Waals surface area contributed by atoms with E-state index < -0.39 is 49.3 Å². The number of nitrogens with one attached hydrogen (secondary N) is 1. The van der Waals surface area contributed by atoms with Gasteiger partial charge in [-0.3, -0.25) is 9.79 Å². The van der Waals surface area contributed by atoms with Gasteiger partial charge in [0.05, 0.1) is 13.2 Å². The standard InChI is InChI=1S/C14H28N4O8/c1-2-24-12(23)7(15)4-3-5-17-14(16)18-26-13-11(22)10(21)9(20)8(6-19)25-13/h7-11,13,19-22H,2-6,15H2,1H3,(H3,16,17,18)/t7-,8+,9-,10-,11+,13-/m0/s1. The molecule has 1 aliphatic heterocycles. The van der Waals surface area contributed by atoms with E-state index in [0.717, 1.165) is 0 Å². The quantitative estimate of drug-likeness (QED) is 0.0681. The van der Waals surface area contributed by atoms with Crippen LogP contribution in [0.25, 0.3) is 0 Å². The number of esters is 1. The minimum absolute atomic E-state index is 0.133. The number of aliphatic hydroxyl groups excluding tert-OH is 4. The Kier molecular flexibility index (Phi) is 9.72. The zero-order valence-corrected chi connectivity index (χ0v) is 14.5. The molecule has 1 rings (SSSR count). The molecule has 0 unspecified atom stereocenters. The summed E-state index contributed by atoms with van der Waals surface area (Å²) < 4.78 is 9.90. The summed E-state index contributed by atoms with van der Waals surface area (Å²) in [6.07, 6.45) is -6.24. The third-order valence-electron chi connectivity index (χ3n) is 3.67. The highest BCUT2D eigenvalue weighted by atomic mass is 16.8. The maximum atomic E-state index is 11.3. The minimum atomic E-state index is -1.56. The topological polar surface area (TPSA) is 202 Å². The molecule has 152 valence electrons. The number of hydroxylamine groups is 1. The summed E-state index contributed by atoms with van der Waals surface area (Å²) in [7, 11) is 0. The van der Waals surface area contributed by atoms with Crippen LogP contribution in [0.4, 0.5) is 0 Å². The first kappa shape index (κ1) is 22.5. The number of carbonyl (C=O) groups is 1. The van der Waals surface area contributed by atoms with Crippen molar-refractivity contribution in [3.63, 3.8) is 0 Å². The van der Waals surface area contributed by atoms with E-state index in [1.54, 1.807) is 6.92 Å². The van der Waals surface area contributed by atoms with Gasteiger partial charge in [-0.2, -0.15) is 0 Å². The van der Waals surface area contributed by atoms with Gasteiger partial charge in [-0.15, -0.1) is 0 Å². The molecule has 1 fully saturated rings. The summed E-state index contributed by atoms with van der Waals surface area (Å²) in [5.74, 6) is -0.611. The number of hydrogen-bond acceptors (Lipinski definition) is 10. The molecule has 0 aromatic heterocycles. The molecule has 1 aliphatic rings.